The van der Waals surface area contributed by atoms with Gasteiger partial charge in [-0.1, -0.05) is 30.7 Å². The summed E-state index contributed by atoms with van der Waals surface area (Å²) in [6, 6.07) is 6.13. The van der Waals surface area contributed by atoms with Crippen molar-refractivity contribution in [3.05, 3.63) is 52.3 Å². The lowest BCUT2D eigenvalue weighted by Gasteiger charge is -2.05. The molecular weight excluding hydrogens is 258 g/mol. The number of nitrogens with zero attached hydrogens (tertiary/aromatic N) is 2. The van der Waals surface area contributed by atoms with E-state index in [1.165, 1.54) is 11.1 Å². The summed E-state index contributed by atoms with van der Waals surface area (Å²) in [5, 5.41) is 8.55. The molecule has 2 rings (SSSR count). The second-order valence-electron chi connectivity index (χ2n) is 4.82. The molecule has 0 unspecified atom stereocenters. The summed E-state index contributed by atoms with van der Waals surface area (Å²) >= 11 is 6.24. The smallest absolute Gasteiger partial charge is 0.0674 e. The van der Waals surface area contributed by atoms with Crippen molar-refractivity contribution in [2.45, 2.75) is 33.4 Å². The molecule has 0 saturated heterocycles. The molecule has 1 aromatic heterocycles. The molecule has 0 saturated carbocycles. The molecule has 0 amide bonds. The second kappa shape index (κ2) is 6.73. The van der Waals surface area contributed by atoms with E-state index in [1.807, 2.05) is 23.9 Å². The summed E-state index contributed by atoms with van der Waals surface area (Å²) in [5.74, 6) is 0. The zero-order valence-electron chi connectivity index (χ0n) is 11.5. The maximum Gasteiger partial charge on any atom is 0.0674 e. The Morgan fingerprint density at radius 2 is 2.21 bits per heavy atom. The van der Waals surface area contributed by atoms with E-state index in [2.05, 4.69) is 35.7 Å². The van der Waals surface area contributed by atoms with Crippen molar-refractivity contribution in [1.82, 2.24) is 15.1 Å². The second-order valence-corrected chi connectivity index (χ2v) is 5.23. The number of nitrogens with one attached hydrogen (secondary N) is 1. The van der Waals surface area contributed by atoms with E-state index in [0.29, 0.717) is 6.54 Å². The summed E-state index contributed by atoms with van der Waals surface area (Å²) in [6.07, 6.45) is 5.12. The fourth-order valence-electron chi connectivity index (χ4n) is 1.95. The first-order valence-corrected chi connectivity index (χ1v) is 7.04. The Bertz CT molecular complexity index is 534. The van der Waals surface area contributed by atoms with Crippen LogP contribution in [0.3, 0.4) is 0 Å². The van der Waals surface area contributed by atoms with Crippen LogP contribution in [0.1, 0.15) is 30.0 Å². The van der Waals surface area contributed by atoms with E-state index < -0.39 is 0 Å². The van der Waals surface area contributed by atoms with Gasteiger partial charge in [0.1, 0.15) is 0 Å². The lowest BCUT2D eigenvalue weighted by atomic mass is 10.1. The van der Waals surface area contributed by atoms with Crippen molar-refractivity contribution in [1.29, 1.82) is 0 Å². The Hall–Kier alpha value is -1.32. The van der Waals surface area contributed by atoms with Crippen molar-refractivity contribution >= 4 is 11.6 Å². The summed E-state index contributed by atoms with van der Waals surface area (Å²) in [7, 11) is 0. The highest BCUT2D eigenvalue weighted by atomic mass is 35.5. The van der Waals surface area contributed by atoms with Crippen LogP contribution in [0.5, 0.6) is 0 Å². The van der Waals surface area contributed by atoms with Crippen LogP contribution in [-0.2, 0) is 13.1 Å². The number of aryl methyl sites for hydroxylation is 1. The molecule has 1 aromatic carbocycles. The van der Waals surface area contributed by atoms with Gasteiger partial charge in [0.15, 0.2) is 0 Å². The number of benzene rings is 1. The molecule has 1 heterocycles. The maximum atomic E-state index is 6.24. The first-order valence-electron chi connectivity index (χ1n) is 6.66. The van der Waals surface area contributed by atoms with Crippen molar-refractivity contribution < 1.29 is 0 Å². The fourth-order valence-corrected chi connectivity index (χ4v) is 2.24. The van der Waals surface area contributed by atoms with Gasteiger partial charge in [-0.15, -0.1) is 0 Å². The molecule has 0 bridgehead atoms. The van der Waals surface area contributed by atoms with Gasteiger partial charge in [0, 0.05) is 23.3 Å². The van der Waals surface area contributed by atoms with Crippen molar-refractivity contribution in [2.24, 2.45) is 0 Å². The number of halogens is 1. The largest absolute Gasteiger partial charge is 0.313 e. The van der Waals surface area contributed by atoms with Gasteiger partial charge in [-0.3, -0.25) is 4.68 Å². The van der Waals surface area contributed by atoms with Crippen LogP contribution >= 0.6 is 11.6 Å². The van der Waals surface area contributed by atoms with Gasteiger partial charge < -0.3 is 5.32 Å². The van der Waals surface area contributed by atoms with Crippen molar-refractivity contribution in [3.63, 3.8) is 0 Å². The molecule has 19 heavy (non-hydrogen) atoms. The number of rotatable bonds is 6. The van der Waals surface area contributed by atoms with Gasteiger partial charge >= 0.3 is 0 Å². The van der Waals surface area contributed by atoms with Gasteiger partial charge in [-0.05, 0) is 37.1 Å². The van der Waals surface area contributed by atoms with Crippen LogP contribution < -0.4 is 5.32 Å². The third kappa shape index (κ3) is 4.08. The van der Waals surface area contributed by atoms with E-state index in [9.17, 15) is 0 Å². The molecule has 0 aliphatic heterocycles. The van der Waals surface area contributed by atoms with E-state index in [1.54, 1.807) is 0 Å². The summed E-state index contributed by atoms with van der Waals surface area (Å²) in [6.45, 7) is 6.83. The Labute approximate surface area is 119 Å². The van der Waals surface area contributed by atoms with Gasteiger partial charge in [0.2, 0.25) is 0 Å². The highest BCUT2D eigenvalue weighted by molar-refractivity contribution is 6.31. The standard InChI is InChI=1S/C15H20ClN3/c1-3-6-17-8-13-9-18-19(10-13)11-14-5-4-12(2)7-15(14)16/h4-5,7,9-10,17H,3,6,8,11H2,1-2H3. The van der Waals surface area contributed by atoms with Crippen molar-refractivity contribution in [3.8, 4) is 0 Å². The monoisotopic (exact) mass is 277 g/mol. The topological polar surface area (TPSA) is 29.9 Å². The molecule has 102 valence electrons. The van der Waals surface area contributed by atoms with Crippen LogP contribution in [0.25, 0.3) is 0 Å². The first-order chi connectivity index (χ1) is 9.19. The van der Waals surface area contributed by atoms with Gasteiger partial charge in [0.25, 0.3) is 0 Å². The molecule has 0 fully saturated rings. The van der Waals surface area contributed by atoms with Gasteiger partial charge in [-0.2, -0.15) is 5.10 Å². The molecule has 0 atom stereocenters. The summed E-state index contributed by atoms with van der Waals surface area (Å²) in [5.41, 5.74) is 3.48. The minimum Gasteiger partial charge on any atom is -0.313 e. The average Bonchev–Trinajstić information content (AvgIpc) is 2.81. The molecule has 0 radical (unpaired) electrons. The first kappa shape index (κ1) is 14.1. The third-order valence-electron chi connectivity index (χ3n) is 2.98. The molecule has 3 nitrogen and oxygen atoms in total. The highest BCUT2D eigenvalue weighted by Crippen LogP contribution is 2.18. The van der Waals surface area contributed by atoms with Crippen LogP contribution in [0.4, 0.5) is 0 Å². The lowest BCUT2D eigenvalue weighted by molar-refractivity contribution is 0.668. The normalized spacial score (nSPS) is 10.9. The quantitative estimate of drug-likeness (QED) is 0.820. The maximum absolute atomic E-state index is 6.24. The average molecular weight is 278 g/mol. The van der Waals surface area contributed by atoms with E-state index >= 15 is 0 Å². The zero-order valence-corrected chi connectivity index (χ0v) is 12.2. The summed E-state index contributed by atoms with van der Waals surface area (Å²) in [4.78, 5) is 0. The zero-order chi connectivity index (χ0) is 13.7. The van der Waals surface area contributed by atoms with Crippen molar-refractivity contribution in [2.75, 3.05) is 6.54 Å². The molecular formula is C15H20ClN3. The Balaban J connectivity index is 1.99. The minimum absolute atomic E-state index is 0.715. The lowest BCUT2D eigenvalue weighted by Crippen LogP contribution is -2.13. The summed E-state index contributed by atoms with van der Waals surface area (Å²) < 4.78 is 1.93. The molecule has 1 N–H and O–H groups in total. The highest BCUT2D eigenvalue weighted by Gasteiger charge is 2.03. The molecule has 4 heteroatoms. The molecule has 0 aliphatic rings. The molecule has 2 aromatic rings. The number of hydrogen-bond acceptors (Lipinski definition) is 2. The van der Waals surface area contributed by atoms with Crippen LogP contribution in [0, 0.1) is 6.92 Å². The number of aromatic nitrogens is 2. The van der Waals surface area contributed by atoms with E-state index in [4.69, 9.17) is 11.6 Å². The molecule has 0 aliphatic carbocycles. The van der Waals surface area contributed by atoms with Gasteiger partial charge in [-0.25, -0.2) is 0 Å². The minimum atomic E-state index is 0.715. The third-order valence-corrected chi connectivity index (χ3v) is 3.34. The van der Waals surface area contributed by atoms with E-state index in [-0.39, 0.29) is 0 Å². The number of hydrogen-bond donors (Lipinski definition) is 1. The van der Waals surface area contributed by atoms with Crippen LogP contribution in [0.2, 0.25) is 5.02 Å². The Morgan fingerprint density at radius 1 is 1.37 bits per heavy atom. The van der Waals surface area contributed by atoms with Crippen LogP contribution in [0.15, 0.2) is 30.6 Å². The van der Waals surface area contributed by atoms with Crippen LogP contribution in [-0.4, -0.2) is 16.3 Å². The Kier molecular flexibility index (Phi) is 5.00. The SMILES string of the molecule is CCCNCc1cnn(Cc2ccc(C)cc2Cl)c1. The van der Waals surface area contributed by atoms with E-state index in [0.717, 1.165) is 30.1 Å². The molecule has 0 spiro atoms. The Morgan fingerprint density at radius 3 is 2.95 bits per heavy atom. The predicted octanol–water partition coefficient (Wildman–Crippen LogP) is 3.39. The predicted molar refractivity (Wildman–Crippen MR) is 79.5 cm³/mol. The fraction of sp³-hybridized carbons (Fsp3) is 0.400. The van der Waals surface area contributed by atoms with Gasteiger partial charge in [0.05, 0.1) is 12.7 Å².